The molecule has 2 heterocycles. The lowest BCUT2D eigenvalue weighted by molar-refractivity contribution is 0.806. The van der Waals surface area contributed by atoms with Gasteiger partial charge < -0.3 is 5.73 Å². The second-order valence-electron chi connectivity index (χ2n) is 3.36. The Bertz CT molecular complexity index is 481. The standard InChI is InChI=1S/C10H12N4S3/c1-6(11)7-3-4-8(12-5-7)16-10-14-13-9(15-2)17-10/h3-6H,11H2,1-2H3. The number of thioether (sulfide) groups is 1. The summed E-state index contributed by atoms with van der Waals surface area (Å²) < 4.78 is 1.88. The van der Waals surface area contributed by atoms with E-state index < -0.39 is 0 Å². The van der Waals surface area contributed by atoms with Crippen molar-refractivity contribution in [1.82, 2.24) is 15.2 Å². The minimum atomic E-state index is 0.0196. The largest absolute Gasteiger partial charge is 0.324 e. The van der Waals surface area contributed by atoms with Gasteiger partial charge in [0.1, 0.15) is 5.03 Å². The second-order valence-corrected chi connectivity index (χ2v) is 6.66. The van der Waals surface area contributed by atoms with Crippen LogP contribution in [0.1, 0.15) is 18.5 Å². The number of aromatic nitrogens is 3. The van der Waals surface area contributed by atoms with Gasteiger partial charge in [0.25, 0.3) is 0 Å². The van der Waals surface area contributed by atoms with Crippen LogP contribution in [0.15, 0.2) is 32.0 Å². The number of pyridine rings is 1. The fourth-order valence-corrected chi connectivity index (χ4v) is 3.46. The fourth-order valence-electron chi connectivity index (χ4n) is 1.13. The first-order valence-corrected chi connectivity index (χ1v) is 7.81. The van der Waals surface area contributed by atoms with E-state index in [2.05, 4.69) is 15.2 Å². The molecule has 2 aromatic rings. The van der Waals surface area contributed by atoms with Crippen molar-refractivity contribution in [3.05, 3.63) is 23.9 Å². The Morgan fingerprint density at radius 3 is 2.59 bits per heavy atom. The lowest BCUT2D eigenvalue weighted by Crippen LogP contribution is -2.04. The minimum Gasteiger partial charge on any atom is -0.324 e. The highest BCUT2D eigenvalue weighted by atomic mass is 32.2. The molecular weight excluding hydrogens is 272 g/mol. The van der Waals surface area contributed by atoms with Gasteiger partial charge in [0.15, 0.2) is 8.68 Å². The van der Waals surface area contributed by atoms with Crippen molar-refractivity contribution in [1.29, 1.82) is 0 Å². The van der Waals surface area contributed by atoms with Gasteiger partial charge in [-0.3, -0.25) is 0 Å². The van der Waals surface area contributed by atoms with Crippen molar-refractivity contribution in [3.63, 3.8) is 0 Å². The van der Waals surface area contributed by atoms with E-state index in [1.54, 1.807) is 23.1 Å². The van der Waals surface area contributed by atoms with Crippen LogP contribution in [0, 0.1) is 0 Å². The Hall–Kier alpha value is -0.630. The topological polar surface area (TPSA) is 64.7 Å². The predicted molar refractivity (Wildman–Crippen MR) is 72.7 cm³/mol. The summed E-state index contributed by atoms with van der Waals surface area (Å²) in [7, 11) is 0. The van der Waals surface area contributed by atoms with E-state index in [9.17, 15) is 0 Å². The van der Waals surface area contributed by atoms with Crippen molar-refractivity contribution < 1.29 is 0 Å². The van der Waals surface area contributed by atoms with E-state index in [-0.39, 0.29) is 6.04 Å². The highest BCUT2D eigenvalue weighted by molar-refractivity contribution is 8.02. The summed E-state index contributed by atoms with van der Waals surface area (Å²) in [5.41, 5.74) is 6.81. The summed E-state index contributed by atoms with van der Waals surface area (Å²) in [6, 6.07) is 3.98. The summed E-state index contributed by atoms with van der Waals surface area (Å²) in [6.45, 7) is 1.94. The number of hydrogen-bond acceptors (Lipinski definition) is 7. The van der Waals surface area contributed by atoms with Crippen molar-refractivity contribution in [2.75, 3.05) is 6.26 Å². The highest BCUT2D eigenvalue weighted by Crippen LogP contribution is 2.31. The number of nitrogens with zero attached hydrogens (tertiary/aromatic N) is 3. The van der Waals surface area contributed by atoms with Crippen LogP contribution in [0.5, 0.6) is 0 Å². The van der Waals surface area contributed by atoms with Crippen LogP contribution in [-0.4, -0.2) is 21.4 Å². The Kier molecular flexibility index (Phi) is 4.38. The summed E-state index contributed by atoms with van der Waals surface area (Å²) in [6.07, 6.45) is 3.80. The average Bonchev–Trinajstić information content (AvgIpc) is 2.77. The zero-order valence-corrected chi connectivity index (χ0v) is 11.9. The molecule has 2 N–H and O–H groups in total. The normalized spacial score (nSPS) is 12.6. The highest BCUT2D eigenvalue weighted by Gasteiger charge is 2.06. The molecule has 7 heteroatoms. The van der Waals surface area contributed by atoms with E-state index in [1.807, 2.05) is 31.5 Å². The average molecular weight is 284 g/mol. The minimum absolute atomic E-state index is 0.0196. The van der Waals surface area contributed by atoms with Gasteiger partial charge in [-0.05, 0) is 36.6 Å². The van der Waals surface area contributed by atoms with E-state index in [4.69, 9.17) is 5.73 Å². The smallest absolute Gasteiger partial charge is 0.181 e. The van der Waals surface area contributed by atoms with Crippen LogP contribution in [0.2, 0.25) is 0 Å². The zero-order chi connectivity index (χ0) is 12.3. The van der Waals surface area contributed by atoms with Crippen molar-refractivity contribution in [2.24, 2.45) is 5.73 Å². The number of nitrogens with two attached hydrogens (primary N) is 1. The second kappa shape index (κ2) is 5.81. The molecule has 0 bridgehead atoms. The third kappa shape index (κ3) is 3.41. The quantitative estimate of drug-likeness (QED) is 0.871. The molecule has 17 heavy (non-hydrogen) atoms. The summed E-state index contributed by atoms with van der Waals surface area (Å²) in [5, 5.41) is 9.04. The van der Waals surface area contributed by atoms with Gasteiger partial charge in [-0.25, -0.2) is 4.98 Å². The van der Waals surface area contributed by atoms with Gasteiger partial charge >= 0.3 is 0 Å². The SMILES string of the molecule is CSc1nnc(Sc2ccc(C(C)N)cn2)s1. The van der Waals surface area contributed by atoms with Crippen LogP contribution in [0.4, 0.5) is 0 Å². The molecule has 0 spiro atoms. The van der Waals surface area contributed by atoms with Gasteiger partial charge in [0, 0.05) is 12.2 Å². The van der Waals surface area contributed by atoms with E-state index in [1.165, 1.54) is 11.8 Å². The Labute approximate surface area is 112 Å². The molecule has 0 radical (unpaired) electrons. The maximum Gasteiger partial charge on any atom is 0.181 e. The first-order chi connectivity index (χ1) is 8.19. The van der Waals surface area contributed by atoms with Gasteiger partial charge in [-0.15, -0.1) is 10.2 Å². The maximum absolute atomic E-state index is 5.77. The lowest BCUT2D eigenvalue weighted by atomic mass is 10.2. The van der Waals surface area contributed by atoms with Gasteiger partial charge in [-0.1, -0.05) is 29.2 Å². The van der Waals surface area contributed by atoms with Gasteiger partial charge in [-0.2, -0.15) is 0 Å². The molecule has 1 unspecified atom stereocenters. The van der Waals surface area contributed by atoms with E-state index in [0.29, 0.717) is 0 Å². The predicted octanol–water partition coefficient (Wildman–Crippen LogP) is 2.83. The molecule has 0 aliphatic heterocycles. The summed E-state index contributed by atoms with van der Waals surface area (Å²) >= 11 is 4.70. The molecule has 2 aromatic heterocycles. The monoisotopic (exact) mass is 284 g/mol. The van der Waals surface area contributed by atoms with Crippen LogP contribution >= 0.6 is 34.9 Å². The van der Waals surface area contributed by atoms with Crippen molar-refractivity contribution >= 4 is 34.9 Å². The molecule has 0 fully saturated rings. The molecule has 0 saturated carbocycles. The maximum atomic E-state index is 5.77. The van der Waals surface area contributed by atoms with Crippen LogP contribution in [-0.2, 0) is 0 Å². The van der Waals surface area contributed by atoms with Gasteiger partial charge in [0.05, 0.1) is 0 Å². The molecule has 0 saturated heterocycles. The van der Waals surface area contributed by atoms with Crippen molar-refractivity contribution in [3.8, 4) is 0 Å². The van der Waals surface area contributed by atoms with Crippen LogP contribution in [0.25, 0.3) is 0 Å². The van der Waals surface area contributed by atoms with E-state index >= 15 is 0 Å². The van der Waals surface area contributed by atoms with Crippen molar-refractivity contribution in [2.45, 2.75) is 26.7 Å². The molecule has 90 valence electrons. The van der Waals surface area contributed by atoms with Crippen LogP contribution < -0.4 is 5.73 Å². The molecule has 0 amide bonds. The molecule has 0 aromatic carbocycles. The first-order valence-electron chi connectivity index (χ1n) is 4.96. The molecule has 1 atom stereocenters. The number of hydrogen-bond donors (Lipinski definition) is 1. The third-order valence-electron chi connectivity index (χ3n) is 2.04. The first kappa shape index (κ1) is 12.8. The Morgan fingerprint density at radius 1 is 1.29 bits per heavy atom. The number of rotatable bonds is 4. The Balaban J connectivity index is 2.08. The molecule has 4 nitrogen and oxygen atoms in total. The summed E-state index contributed by atoms with van der Waals surface area (Å²) in [5.74, 6) is 0. The third-order valence-corrected chi connectivity index (χ3v) is 4.94. The zero-order valence-electron chi connectivity index (χ0n) is 9.45. The molecule has 2 rings (SSSR count). The summed E-state index contributed by atoms with van der Waals surface area (Å²) in [4.78, 5) is 4.35. The van der Waals surface area contributed by atoms with Crippen LogP contribution in [0.3, 0.4) is 0 Å². The molecule has 0 aliphatic carbocycles. The lowest BCUT2D eigenvalue weighted by Gasteiger charge is -2.04. The fraction of sp³-hybridized carbons (Fsp3) is 0.300. The Morgan fingerprint density at radius 2 is 2.06 bits per heavy atom. The van der Waals surface area contributed by atoms with E-state index in [0.717, 1.165) is 19.3 Å². The molecular formula is C10H12N4S3. The van der Waals surface area contributed by atoms with Gasteiger partial charge in [0.2, 0.25) is 0 Å². The molecule has 0 aliphatic rings.